The number of ether oxygens (including phenoxy) is 1. The van der Waals surface area contributed by atoms with Crippen LogP contribution in [0.15, 0.2) is 24.5 Å². The van der Waals surface area contributed by atoms with Gasteiger partial charge in [-0.25, -0.2) is 14.4 Å². The molecule has 4 heteroatoms. The van der Waals surface area contributed by atoms with E-state index in [-0.39, 0.29) is 5.82 Å². The summed E-state index contributed by atoms with van der Waals surface area (Å²) in [5.74, 6) is 0.0721. The Labute approximate surface area is 80.6 Å². The molecule has 0 N–H and O–H groups in total. The molecule has 72 valence electrons. The standard InChI is InChI=1S/C10H9FN2O/c1-2-14-10-7-4-3-5-8(11)9(7)12-6-13-10/h3-6H,2H2,1H3. The maximum Gasteiger partial charge on any atom is 0.224 e. The van der Waals surface area contributed by atoms with E-state index in [1.165, 1.54) is 12.4 Å². The van der Waals surface area contributed by atoms with E-state index in [0.29, 0.717) is 23.4 Å². The highest BCUT2D eigenvalue weighted by molar-refractivity contribution is 5.83. The topological polar surface area (TPSA) is 35.0 Å². The van der Waals surface area contributed by atoms with E-state index in [1.54, 1.807) is 12.1 Å². The molecular formula is C10H9FN2O. The molecule has 0 saturated heterocycles. The Balaban J connectivity index is 2.68. The van der Waals surface area contributed by atoms with Crippen LogP contribution in [-0.4, -0.2) is 16.6 Å². The second-order valence-electron chi connectivity index (χ2n) is 2.75. The minimum Gasteiger partial charge on any atom is -0.477 e. The van der Waals surface area contributed by atoms with Crippen LogP contribution < -0.4 is 4.74 Å². The maximum atomic E-state index is 13.3. The quantitative estimate of drug-likeness (QED) is 0.731. The van der Waals surface area contributed by atoms with Crippen molar-refractivity contribution >= 4 is 10.9 Å². The van der Waals surface area contributed by atoms with Crippen molar-refractivity contribution in [2.75, 3.05) is 6.61 Å². The molecule has 14 heavy (non-hydrogen) atoms. The lowest BCUT2D eigenvalue weighted by molar-refractivity contribution is 0.330. The van der Waals surface area contributed by atoms with Crippen LogP contribution in [0, 0.1) is 5.82 Å². The first-order valence-corrected chi connectivity index (χ1v) is 4.35. The Bertz CT molecular complexity index is 459. The summed E-state index contributed by atoms with van der Waals surface area (Å²) in [4.78, 5) is 7.80. The molecular weight excluding hydrogens is 183 g/mol. The third kappa shape index (κ3) is 1.39. The molecule has 1 aromatic heterocycles. The number of para-hydroxylation sites is 1. The molecule has 2 aromatic rings. The van der Waals surface area contributed by atoms with Gasteiger partial charge in [0.2, 0.25) is 5.88 Å². The Morgan fingerprint density at radius 1 is 1.36 bits per heavy atom. The Hall–Kier alpha value is -1.71. The lowest BCUT2D eigenvalue weighted by atomic mass is 10.2. The van der Waals surface area contributed by atoms with Crippen LogP contribution in [0.1, 0.15) is 6.92 Å². The summed E-state index contributed by atoms with van der Waals surface area (Å²) in [6.07, 6.45) is 1.30. The summed E-state index contributed by atoms with van der Waals surface area (Å²) >= 11 is 0. The summed E-state index contributed by atoms with van der Waals surface area (Å²) in [7, 11) is 0. The number of halogens is 1. The van der Waals surface area contributed by atoms with Crippen LogP contribution in [0.4, 0.5) is 4.39 Å². The van der Waals surface area contributed by atoms with E-state index in [0.717, 1.165) is 0 Å². The molecule has 0 amide bonds. The van der Waals surface area contributed by atoms with Crippen molar-refractivity contribution in [3.63, 3.8) is 0 Å². The van der Waals surface area contributed by atoms with E-state index >= 15 is 0 Å². The first-order chi connectivity index (χ1) is 6.83. The van der Waals surface area contributed by atoms with E-state index in [2.05, 4.69) is 9.97 Å². The SMILES string of the molecule is CCOc1ncnc2c(F)cccc12. The van der Waals surface area contributed by atoms with Gasteiger partial charge in [-0.05, 0) is 19.1 Å². The minimum absolute atomic E-state index is 0.297. The van der Waals surface area contributed by atoms with E-state index in [4.69, 9.17) is 4.74 Å². The molecule has 0 saturated carbocycles. The molecule has 0 fully saturated rings. The fraction of sp³-hybridized carbons (Fsp3) is 0.200. The van der Waals surface area contributed by atoms with Gasteiger partial charge < -0.3 is 4.74 Å². The number of hydrogen-bond donors (Lipinski definition) is 0. The highest BCUT2D eigenvalue weighted by Crippen LogP contribution is 2.22. The van der Waals surface area contributed by atoms with Gasteiger partial charge in [0.25, 0.3) is 0 Å². The Morgan fingerprint density at radius 3 is 3.00 bits per heavy atom. The van der Waals surface area contributed by atoms with Gasteiger partial charge in [0, 0.05) is 0 Å². The van der Waals surface area contributed by atoms with E-state index in [9.17, 15) is 4.39 Å². The van der Waals surface area contributed by atoms with Gasteiger partial charge in [0.15, 0.2) is 0 Å². The Kier molecular flexibility index (Phi) is 2.26. The number of aromatic nitrogens is 2. The second-order valence-corrected chi connectivity index (χ2v) is 2.75. The van der Waals surface area contributed by atoms with Crippen molar-refractivity contribution in [1.29, 1.82) is 0 Å². The third-order valence-electron chi connectivity index (χ3n) is 1.86. The molecule has 0 aliphatic carbocycles. The molecule has 1 aromatic carbocycles. The molecule has 0 atom stereocenters. The molecule has 0 spiro atoms. The smallest absolute Gasteiger partial charge is 0.224 e. The van der Waals surface area contributed by atoms with Gasteiger partial charge >= 0.3 is 0 Å². The monoisotopic (exact) mass is 192 g/mol. The van der Waals surface area contributed by atoms with Crippen molar-refractivity contribution in [1.82, 2.24) is 9.97 Å². The largest absolute Gasteiger partial charge is 0.477 e. The number of hydrogen-bond acceptors (Lipinski definition) is 3. The number of nitrogens with zero attached hydrogens (tertiary/aromatic N) is 2. The Morgan fingerprint density at radius 2 is 2.21 bits per heavy atom. The number of benzene rings is 1. The lowest BCUT2D eigenvalue weighted by Gasteiger charge is -2.04. The predicted octanol–water partition coefficient (Wildman–Crippen LogP) is 2.17. The normalized spacial score (nSPS) is 10.4. The molecule has 0 aliphatic heterocycles. The van der Waals surface area contributed by atoms with Crippen molar-refractivity contribution in [2.45, 2.75) is 6.92 Å². The zero-order valence-electron chi connectivity index (χ0n) is 7.70. The van der Waals surface area contributed by atoms with Crippen LogP contribution in [0.3, 0.4) is 0 Å². The zero-order valence-corrected chi connectivity index (χ0v) is 7.70. The minimum atomic E-state index is -0.356. The number of rotatable bonds is 2. The van der Waals surface area contributed by atoms with Gasteiger partial charge in [-0.3, -0.25) is 0 Å². The van der Waals surface area contributed by atoms with Crippen molar-refractivity contribution < 1.29 is 9.13 Å². The fourth-order valence-corrected chi connectivity index (χ4v) is 1.28. The molecule has 0 radical (unpaired) electrons. The van der Waals surface area contributed by atoms with Gasteiger partial charge in [-0.15, -0.1) is 0 Å². The van der Waals surface area contributed by atoms with Crippen LogP contribution in [0.25, 0.3) is 10.9 Å². The average Bonchev–Trinajstić information content (AvgIpc) is 2.20. The fourth-order valence-electron chi connectivity index (χ4n) is 1.28. The van der Waals surface area contributed by atoms with Crippen molar-refractivity contribution in [3.05, 3.63) is 30.3 Å². The first kappa shape index (κ1) is 8.87. The van der Waals surface area contributed by atoms with Gasteiger partial charge in [-0.2, -0.15) is 0 Å². The summed E-state index contributed by atoms with van der Waals surface area (Å²) in [6.45, 7) is 2.36. The predicted molar refractivity (Wildman–Crippen MR) is 50.7 cm³/mol. The number of fused-ring (bicyclic) bond motifs is 1. The van der Waals surface area contributed by atoms with Crippen molar-refractivity contribution in [3.8, 4) is 5.88 Å². The highest BCUT2D eigenvalue weighted by atomic mass is 19.1. The summed E-state index contributed by atoms with van der Waals surface area (Å²) < 4.78 is 18.5. The van der Waals surface area contributed by atoms with E-state index in [1.807, 2.05) is 6.92 Å². The summed E-state index contributed by atoms with van der Waals surface area (Å²) in [5, 5.41) is 0.606. The molecule has 0 unspecified atom stereocenters. The van der Waals surface area contributed by atoms with Crippen LogP contribution in [0.2, 0.25) is 0 Å². The van der Waals surface area contributed by atoms with Crippen molar-refractivity contribution in [2.24, 2.45) is 0 Å². The van der Waals surface area contributed by atoms with Gasteiger partial charge in [0.05, 0.1) is 12.0 Å². The molecule has 0 aliphatic rings. The molecule has 3 nitrogen and oxygen atoms in total. The molecule has 0 bridgehead atoms. The molecule has 1 heterocycles. The van der Waals surface area contributed by atoms with Gasteiger partial charge in [-0.1, -0.05) is 6.07 Å². The second kappa shape index (κ2) is 3.57. The van der Waals surface area contributed by atoms with E-state index < -0.39 is 0 Å². The summed E-state index contributed by atoms with van der Waals surface area (Å²) in [6, 6.07) is 4.72. The van der Waals surface area contributed by atoms with Crippen LogP contribution >= 0.6 is 0 Å². The van der Waals surface area contributed by atoms with Crippen LogP contribution in [-0.2, 0) is 0 Å². The first-order valence-electron chi connectivity index (χ1n) is 4.35. The zero-order chi connectivity index (χ0) is 9.97. The highest BCUT2D eigenvalue weighted by Gasteiger charge is 2.06. The third-order valence-corrected chi connectivity index (χ3v) is 1.86. The lowest BCUT2D eigenvalue weighted by Crippen LogP contribution is -1.97. The van der Waals surface area contributed by atoms with Gasteiger partial charge in [0.1, 0.15) is 17.7 Å². The maximum absolute atomic E-state index is 13.3. The molecule has 2 rings (SSSR count). The van der Waals surface area contributed by atoms with Crippen LogP contribution in [0.5, 0.6) is 5.88 Å². The average molecular weight is 192 g/mol. The summed E-state index contributed by atoms with van der Waals surface area (Å²) in [5.41, 5.74) is 0.297.